The molecule has 72 valence electrons. The van der Waals surface area contributed by atoms with Gasteiger partial charge in [0.1, 0.15) is 11.0 Å². The van der Waals surface area contributed by atoms with Crippen molar-refractivity contribution in [2.24, 2.45) is 0 Å². The molecule has 0 fully saturated rings. The van der Waals surface area contributed by atoms with E-state index in [9.17, 15) is 4.39 Å². The first kappa shape index (κ1) is 10.1. The Morgan fingerprint density at radius 1 is 1.21 bits per heavy atom. The fourth-order valence-corrected chi connectivity index (χ4v) is 1.84. The fourth-order valence-electron chi connectivity index (χ4n) is 1.06. The highest BCUT2D eigenvalue weighted by molar-refractivity contribution is 9.10. The molecule has 0 spiro atoms. The normalized spacial score (nSPS) is 10.9. The Hall–Kier alpha value is -0.450. The van der Waals surface area contributed by atoms with Gasteiger partial charge in [0.25, 0.3) is 0 Å². The van der Waals surface area contributed by atoms with Gasteiger partial charge in [-0.25, -0.2) is 14.4 Å². The second-order valence-electron chi connectivity index (χ2n) is 2.57. The topological polar surface area (TPSA) is 25.8 Å². The van der Waals surface area contributed by atoms with E-state index < -0.39 is 5.82 Å². The number of halogens is 4. The molecule has 0 saturated carbocycles. The average molecular weight is 296 g/mol. The van der Waals surface area contributed by atoms with Crippen LogP contribution in [0, 0.1) is 5.82 Å². The van der Waals surface area contributed by atoms with E-state index in [1.54, 1.807) is 0 Å². The van der Waals surface area contributed by atoms with Gasteiger partial charge in [0, 0.05) is 5.39 Å². The molecule has 0 unspecified atom stereocenters. The highest BCUT2D eigenvalue weighted by Gasteiger charge is 2.08. The molecule has 1 heterocycles. The van der Waals surface area contributed by atoms with E-state index in [0.717, 1.165) is 0 Å². The zero-order chi connectivity index (χ0) is 10.3. The molecule has 0 radical (unpaired) electrons. The third-order valence-corrected chi connectivity index (χ3v) is 2.73. The van der Waals surface area contributed by atoms with Crippen molar-refractivity contribution >= 4 is 50.0 Å². The summed E-state index contributed by atoms with van der Waals surface area (Å²) in [5.41, 5.74) is 0.503. The number of fused-ring (bicyclic) bond motifs is 1. The second-order valence-corrected chi connectivity index (χ2v) is 4.12. The number of nitrogens with zero attached hydrogens (tertiary/aromatic N) is 2. The number of hydrogen-bond acceptors (Lipinski definition) is 2. The Labute approximate surface area is 97.2 Å². The minimum atomic E-state index is -0.412. The maximum Gasteiger partial charge on any atom is 0.224 e. The van der Waals surface area contributed by atoms with Crippen LogP contribution in [0.2, 0.25) is 10.4 Å². The molecule has 2 rings (SSSR count). The summed E-state index contributed by atoms with van der Waals surface area (Å²) in [5, 5.41) is 0.629. The predicted molar refractivity (Wildman–Crippen MR) is 57.2 cm³/mol. The lowest BCUT2D eigenvalue weighted by atomic mass is 10.2. The maximum absolute atomic E-state index is 13.1. The van der Waals surface area contributed by atoms with Gasteiger partial charge in [-0.15, -0.1) is 0 Å². The van der Waals surface area contributed by atoms with Crippen LogP contribution in [0.25, 0.3) is 10.9 Å². The Morgan fingerprint density at radius 3 is 2.64 bits per heavy atom. The van der Waals surface area contributed by atoms with Crippen molar-refractivity contribution in [1.29, 1.82) is 0 Å². The largest absolute Gasteiger partial charge is 0.224 e. The number of rotatable bonds is 0. The highest BCUT2D eigenvalue weighted by Crippen LogP contribution is 2.27. The average Bonchev–Trinajstić information content (AvgIpc) is 2.08. The lowest BCUT2D eigenvalue weighted by Gasteiger charge is -2.01. The van der Waals surface area contributed by atoms with Crippen LogP contribution in [0.3, 0.4) is 0 Å². The molecule has 14 heavy (non-hydrogen) atoms. The summed E-state index contributed by atoms with van der Waals surface area (Å²) >= 11 is 14.4. The van der Waals surface area contributed by atoms with Crippen molar-refractivity contribution in [2.45, 2.75) is 0 Å². The van der Waals surface area contributed by atoms with Crippen molar-refractivity contribution in [1.82, 2.24) is 9.97 Å². The van der Waals surface area contributed by atoms with Gasteiger partial charge in [-0.2, -0.15) is 0 Å². The van der Waals surface area contributed by atoms with Crippen LogP contribution < -0.4 is 0 Å². The molecule has 0 aliphatic rings. The monoisotopic (exact) mass is 294 g/mol. The molecule has 0 N–H and O–H groups in total. The Kier molecular flexibility index (Phi) is 2.60. The van der Waals surface area contributed by atoms with Crippen molar-refractivity contribution in [2.75, 3.05) is 0 Å². The molecule has 6 heteroatoms. The van der Waals surface area contributed by atoms with E-state index in [-0.39, 0.29) is 10.4 Å². The van der Waals surface area contributed by atoms with Crippen LogP contribution in [0.4, 0.5) is 4.39 Å². The first-order valence-corrected chi connectivity index (χ1v) is 5.10. The van der Waals surface area contributed by atoms with E-state index in [0.29, 0.717) is 15.4 Å². The standard InChI is InChI=1S/C8H2BrCl2FN2/c9-4-2-6-3(1-5(4)12)7(10)14-8(11)13-6/h1-2H. The van der Waals surface area contributed by atoms with E-state index in [4.69, 9.17) is 23.2 Å². The quantitative estimate of drug-likeness (QED) is 0.545. The van der Waals surface area contributed by atoms with E-state index in [2.05, 4.69) is 25.9 Å². The van der Waals surface area contributed by atoms with Gasteiger partial charge >= 0.3 is 0 Å². The molecule has 0 aliphatic carbocycles. The summed E-state index contributed by atoms with van der Waals surface area (Å²) in [7, 11) is 0. The third kappa shape index (κ3) is 1.69. The minimum Gasteiger partial charge on any atom is -0.218 e. The molecule has 0 amide bonds. The summed E-state index contributed by atoms with van der Waals surface area (Å²) in [6, 6.07) is 2.77. The van der Waals surface area contributed by atoms with Crippen LogP contribution in [-0.2, 0) is 0 Å². The minimum absolute atomic E-state index is 0.0426. The molecule has 2 nitrogen and oxygen atoms in total. The van der Waals surface area contributed by atoms with Gasteiger partial charge in [0.2, 0.25) is 5.28 Å². The van der Waals surface area contributed by atoms with Gasteiger partial charge in [0.05, 0.1) is 9.99 Å². The maximum atomic E-state index is 13.1. The molecule has 1 aromatic heterocycles. The summed E-state index contributed by atoms with van der Waals surface area (Å²) in [6.07, 6.45) is 0. The Balaban J connectivity index is 2.89. The SMILES string of the molecule is Fc1cc2c(Cl)nc(Cl)nc2cc1Br. The molecule has 0 aliphatic heterocycles. The zero-order valence-corrected chi connectivity index (χ0v) is 9.66. The van der Waals surface area contributed by atoms with Crippen molar-refractivity contribution < 1.29 is 4.39 Å². The van der Waals surface area contributed by atoms with Crippen molar-refractivity contribution in [3.05, 3.63) is 32.9 Å². The first-order chi connectivity index (χ1) is 6.58. The van der Waals surface area contributed by atoms with Crippen LogP contribution in [0.1, 0.15) is 0 Å². The molecule has 2 aromatic rings. The van der Waals surface area contributed by atoms with E-state index in [1.165, 1.54) is 12.1 Å². The van der Waals surface area contributed by atoms with Crippen molar-refractivity contribution in [3.63, 3.8) is 0 Å². The van der Waals surface area contributed by atoms with Crippen LogP contribution >= 0.6 is 39.1 Å². The molecular formula is C8H2BrCl2FN2. The number of hydrogen-bond donors (Lipinski definition) is 0. The Bertz CT molecular complexity index is 518. The van der Waals surface area contributed by atoms with Crippen molar-refractivity contribution in [3.8, 4) is 0 Å². The van der Waals surface area contributed by atoms with E-state index in [1.807, 2.05) is 0 Å². The van der Waals surface area contributed by atoms with Gasteiger partial charge in [-0.3, -0.25) is 0 Å². The Morgan fingerprint density at radius 2 is 1.93 bits per heavy atom. The van der Waals surface area contributed by atoms with Gasteiger partial charge in [-0.1, -0.05) is 11.6 Å². The summed E-state index contributed by atoms with van der Waals surface area (Å²) in [4.78, 5) is 7.62. The highest BCUT2D eigenvalue weighted by atomic mass is 79.9. The summed E-state index contributed by atoms with van der Waals surface area (Å²) in [5.74, 6) is -0.412. The number of aromatic nitrogens is 2. The summed E-state index contributed by atoms with van der Waals surface area (Å²) < 4.78 is 13.5. The molecule has 0 bridgehead atoms. The second kappa shape index (κ2) is 3.61. The van der Waals surface area contributed by atoms with Crippen LogP contribution in [0.5, 0.6) is 0 Å². The molecule has 0 saturated heterocycles. The van der Waals surface area contributed by atoms with Crippen LogP contribution in [0.15, 0.2) is 16.6 Å². The van der Waals surface area contributed by atoms with Crippen LogP contribution in [-0.4, -0.2) is 9.97 Å². The third-order valence-electron chi connectivity index (χ3n) is 1.66. The lowest BCUT2D eigenvalue weighted by molar-refractivity contribution is 0.623. The van der Waals surface area contributed by atoms with Gasteiger partial charge < -0.3 is 0 Å². The van der Waals surface area contributed by atoms with Gasteiger partial charge in [-0.05, 0) is 39.7 Å². The predicted octanol–water partition coefficient (Wildman–Crippen LogP) is 3.84. The van der Waals surface area contributed by atoms with Gasteiger partial charge in [0.15, 0.2) is 0 Å². The fraction of sp³-hybridized carbons (Fsp3) is 0. The summed E-state index contributed by atoms with van der Waals surface area (Å²) in [6.45, 7) is 0. The first-order valence-electron chi connectivity index (χ1n) is 3.56. The zero-order valence-electron chi connectivity index (χ0n) is 6.56. The lowest BCUT2D eigenvalue weighted by Crippen LogP contribution is -1.88. The smallest absolute Gasteiger partial charge is 0.218 e. The number of benzene rings is 1. The molecule has 0 atom stereocenters. The van der Waals surface area contributed by atoms with E-state index >= 15 is 0 Å². The molecular weight excluding hydrogens is 294 g/mol. The molecule has 1 aromatic carbocycles.